The number of rotatable bonds is 2. The SMILES string of the molecule is COC(=O)c1cccc(N2C(=O)[C@@H]3CCCC[C@H]3C2=O)c1C. The molecule has 22 heavy (non-hydrogen) atoms. The summed E-state index contributed by atoms with van der Waals surface area (Å²) in [5.41, 5.74) is 1.50. The molecule has 1 heterocycles. The summed E-state index contributed by atoms with van der Waals surface area (Å²) in [7, 11) is 1.31. The summed E-state index contributed by atoms with van der Waals surface area (Å²) in [5.74, 6) is -1.10. The normalized spacial score (nSPS) is 24.4. The van der Waals surface area contributed by atoms with Gasteiger partial charge in [-0.15, -0.1) is 0 Å². The van der Waals surface area contributed by atoms with Gasteiger partial charge in [-0.3, -0.25) is 9.59 Å². The van der Waals surface area contributed by atoms with Crippen LogP contribution < -0.4 is 4.90 Å². The average Bonchev–Trinajstić information content (AvgIpc) is 2.79. The van der Waals surface area contributed by atoms with E-state index in [-0.39, 0.29) is 23.7 Å². The van der Waals surface area contributed by atoms with Crippen LogP contribution in [-0.4, -0.2) is 24.9 Å². The summed E-state index contributed by atoms with van der Waals surface area (Å²) in [6.07, 6.45) is 3.55. The van der Waals surface area contributed by atoms with Crippen LogP contribution in [0.15, 0.2) is 18.2 Å². The third-order valence-corrected chi connectivity index (χ3v) is 4.79. The number of hydrogen-bond donors (Lipinski definition) is 0. The van der Waals surface area contributed by atoms with Gasteiger partial charge < -0.3 is 4.74 Å². The van der Waals surface area contributed by atoms with Crippen LogP contribution in [0.25, 0.3) is 0 Å². The molecule has 0 unspecified atom stereocenters. The van der Waals surface area contributed by atoms with Crippen LogP contribution in [0.3, 0.4) is 0 Å². The largest absolute Gasteiger partial charge is 0.465 e. The zero-order valence-corrected chi connectivity index (χ0v) is 12.8. The van der Waals surface area contributed by atoms with E-state index in [4.69, 9.17) is 4.74 Å². The van der Waals surface area contributed by atoms with Crippen molar-refractivity contribution in [1.29, 1.82) is 0 Å². The number of hydrogen-bond acceptors (Lipinski definition) is 4. The predicted octanol–water partition coefficient (Wildman–Crippen LogP) is 2.46. The first kappa shape index (κ1) is 14.8. The fourth-order valence-electron chi connectivity index (χ4n) is 3.60. The van der Waals surface area contributed by atoms with Crippen molar-refractivity contribution in [3.8, 4) is 0 Å². The Kier molecular flexibility index (Phi) is 3.72. The first-order chi connectivity index (χ1) is 10.6. The molecule has 1 aliphatic carbocycles. The zero-order valence-electron chi connectivity index (χ0n) is 12.8. The van der Waals surface area contributed by atoms with Crippen molar-refractivity contribution in [1.82, 2.24) is 0 Å². The molecule has 1 saturated carbocycles. The van der Waals surface area contributed by atoms with E-state index in [1.165, 1.54) is 12.0 Å². The van der Waals surface area contributed by atoms with Crippen LogP contribution in [0.2, 0.25) is 0 Å². The second kappa shape index (κ2) is 5.55. The summed E-state index contributed by atoms with van der Waals surface area (Å²) in [5, 5.41) is 0. The predicted molar refractivity (Wildman–Crippen MR) is 80.5 cm³/mol. The van der Waals surface area contributed by atoms with Crippen LogP contribution in [0.5, 0.6) is 0 Å². The molecule has 0 aromatic heterocycles. The van der Waals surface area contributed by atoms with Gasteiger partial charge in [0, 0.05) is 0 Å². The number of fused-ring (bicyclic) bond motifs is 1. The lowest BCUT2D eigenvalue weighted by Crippen LogP contribution is -2.31. The van der Waals surface area contributed by atoms with E-state index < -0.39 is 5.97 Å². The van der Waals surface area contributed by atoms with Crippen LogP contribution >= 0.6 is 0 Å². The number of methoxy groups -OCH3 is 1. The van der Waals surface area contributed by atoms with Crippen LogP contribution in [0.4, 0.5) is 5.69 Å². The third-order valence-electron chi connectivity index (χ3n) is 4.79. The minimum absolute atomic E-state index is 0.125. The molecule has 1 aromatic carbocycles. The molecule has 116 valence electrons. The second-order valence-electron chi connectivity index (χ2n) is 5.95. The Balaban J connectivity index is 2.02. The Morgan fingerprint density at radius 3 is 2.27 bits per heavy atom. The Bertz CT molecular complexity index is 628. The van der Waals surface area contributed by atoms with Gasteiger partial charge >= 0.3 is 5.97 Å². The lowest BCUT2D eigenvalue weighted by Gasteiger charge is -2.19. The Morgan fingerprint density at radius 2 is 1.73 bits per heavy atom. The molecule has 1 aliphatic heterocycles. The maximum Gasteiger partial charge on any atom is 0.338 e. The number of benzene rings is 1. The number of anilines is 1. The topological polar surface area (TPSA) is 63.7 Å². The van der Waals surface area contributed by atoms with Crippen molar-refractivity contribution in [2.75, 3.05) is 12.0 Å². The maximum atomic E-state index is 12.6. The fourth-order valence-corrected chi connectivity index (χ4v) is 3.60. The summed E-state index contributed by atoms with van der Waals surface area (Å²) in [4.78, 5) is 38.4. The fraction of sp³-hybridized carbons (Fsp3) is 0.471. The molecule has 1 aromatic rings. The molecular weight excluding hydrogens is 282 g/mol. The van der Waals surface area contributed by atoms with Gasteiger partial charge in [-0.2, -0.15) is 0 Å². The molecule has 0 radical (unpaired) electrons. The van der Waals surface area contributed by atoms with Gasteiger partial charge in [-0.05, 0) is 37.5 Å². The minimum Gasteiger partial charge on any atom is -0.465 e. The number of imide groups is 1. The van der Waals surface area contributed by atoms with Crippen LogP contribution in [0.1, 0.15) is 41.6 Å². The number of carbonyl (C=O) groups is 3. The Hall–Kier alpha value is -2.17. The molecule has 2 fully saturated rings. The highest BCUT2D eigenvalue weighted by atomic mass is 16.5. The van der Waals surface area contributed by atoms with Gasteiger partial charge in [0.05, 0.1) is 30.2 Å². The van der Waals surface area contributed by atoms with E-state index in [0.29, 0.717) is 16.8 Å². The molecule has 0 bridgehead atoms. The number of amides is 2. The lowest BCUT2D eigenvalue weighted by molar-refractivity contribution is -0.122. The van der Waals surface area contributed by atoms with Gasteiger partial charge in [0.1, 0.15) is 0 Å². The summed E-state index contributed by atoms with van der Waals surface area (Å²) >= 11 is 0. The van der Waals surface area contributed by atoms with Gasteiger partial charge in [-0.1, -0.05) is 18.9 Å². The maximum absolute atomic E-state index is 12.6. The molecule has 2 amide bonds. The summed E-state index contributed by atoms with van der Waals surface area (Å²) < 4.78 is 4.76. The highest BCUT2D eigenvalue weighted by Crippen LogP contribution is 2.41. The molecule has 3 rings (SSSR count). The standard InChI is InChI=1S/C17H19NO4/c1-10-11(17(21)22-2)8-5-9-14(10)18-15(19)12-6-3-4-7-13(12)16(18)20/h5,8-9,12-13H,3-4,6-7H2,1-2H3/t12-,13-/m1/s1. The molecule has 2 aliphatic rings. The van der Waals surface area contributed by atoms with E-state index in [1.54, 1.807) is 25.1 Å². The number of nitrogens with zero attached hydrogens (tertiary/aromatic N) is 1. The lowest BCUT2D eigenvalue weighted by atomic mass is 9.81. The van der Waals surface area contributed by atoms with Crippen molar-refractivity contribution in [3.05, 3.63) is 29.3 Å². The quantitative estimate of drug-likeness (QED) is 0.622. The number of esters is 1. The van der Waals surface area contributed by atoms with Crippen LogP contribution in [-0.2, 0) is 14.3 Å². The monoisotopic (exact) mass is 301 g/mol. The average molecular weight is 301 g/mol. The zero-order chi connectivity index (χ0) is 15.9. The third kappa shape index (κ3) is 2.12. The first-order valence-electron chi connectivity index (χ1n) is 7.62. The Labute approximate surface area is 129 Å². The first-order valence-corrected chi connectivity index (χ1v) is 7.62. The Morgan fingerprint density at radius 1 is 1.14 bits per heavy atom. The summed E-state index contributed by atoms with van der Waals surface area (Å²) in [6, 6.07) is 5.04. The van der Waals surface area contributed by atoms with Crippen molar-refractivity contribution >= 4 is 23.5 Å². The van der Waals surface area contributed by atoms with E-state index in [0.717, 1.165) is 25.7 Å². The van der Waals surface area contributed by atoms with Crippen molar-refractivity contribution in [2.24, 2.45) is 11.8 Å². The van der Waals surface area contributed by atoms with Gasteiger partial charge in [0.2, 0.25) is 11.8 Å². The van der Waals surface area contributed by atoms with E-state index in [1.807, 2.05) is 0 Å². The number of carbonyl (C=O) groups excluding carboxylic acids is 3. The highest BCUT2D eigenvalue weighted by molar-refractivity contribution is 6.22. The highest BCUT2D eigenvalue weighted by Gasteiger charge is 2.49. The van der Waals surface area contributed by atoms with Crippen molar-refractivity contribution < 1.29 is 19.1 Å². The molecule has 5 heteroatoms. The van der Waals surface area contributed by atoms with Gasteiger partial charge in [0.15, 0.2) is 0 Å². The molecule has 5 nitrogen and oxygen atoms in total. The molecular formula is C17H19NO4. The smallest absolute Gasteiger partial charge is 0.338 e. The van der Waals surface area contributed by atoms with Crippen molar-refractivity contribution in [2.45, 2.75) is 32.6 Å². The van der Waals surface area contributed by atoms with E-state index in [2.05, 4.69) is 0 Å². The molecule has 0 spiro atoms. The summed E-state index contributed by atoms with van der Waals surface area (Å²) in [6.45, 7) is 1.74. The van der Waals surface area contributed by atoms with E-state index in [9.17, 15) is 14.4 Å². The number of ether oxygens (including phenoxy) is 1. The minimum atomic E-state index is -0.462. The van der Waals surface area contributed by atoms with Gasteiger partial charge in [0.25, 0.3) is 0 Å². The van der Waals surface area contributed by atoms with Crippen molar-refractivity contribution in [3.63, 3.8) is 0 Å². The van der Waals surface area contributed by atoms with Crippen LogP contribution in [0, 0.1) is 18.8 Å². The molecule has 1 saturated heterocycles. The second-order valence-corrected chi connectivity index (χ2v) is 5.95. The molecule has 2 atom stereocenters. The van der Waals surface area contributed by atoms with E-state index >= 15 is 0 Å². The van der Waals surface area contributed by atoms with Gasteiger partial charge in [-0.25, -0.2) is 9.69 Å². The molecule has 0 N–H and O–H groups in total.